The molecule has 1 atom stereocenters. The van der Waals surface area contributed by atoms with Crippen LogP contribution in [0.1, 0.15) is 25.7 Å². The van der Waals surface area contributed by atoms with E-state index in [1.807, 2.05) is 6.26 Å². The van der Waals surface area contributed by atoms with Crippen LogP contribution >= 0.6 is 23.5 Å². The highest BCUT2D eigenvalue weighted by Crippen LogP contribution is 2.26. The van der Waals surface area contributed by atoms with Crippen molar-refractivity contribution in [2.75, 3.05) is 23.9 Å². The second-order valence-corrected chi connectivity index (χ2v) is 6.44. The summed E-state index contributed by atoms with van der Waals surface area (Å²) in [6, 6.07) is 0. The van der Waals surface area contributed by atoms with Crippen LogP contribution in [-0.4, -0.2) is 29.1 Å². The van der Waals surface area contributed by atoms with Gasteiger partial charge in [0, 0.05) is 22.5 Å². The fraction of sp³-hybridized carbons (Fsp3) is 0.818. The minimum Gasteiger partial charge on any atom is -0.500 e. The van der Waals surface area contributed by atoms with Crippen molar-refractivity contribution in [1.29, 1.82) is 0 Å². The summed E-state index contributed by atoms with van der Waals surface area (Å²) in [5, 5.41) is 0.729. The van der Waals surface area contributed by atoms with E-state index in [0.717, 1.165) is 11.9 Å². The Morgan fingerprint density at radius 1 is 1.29 bits per heavy atom. The molecule has 1 heterocycles. The van der Waals surface area contributed by atoms with Crippen molar-refractivity contribution in [2.24, 2.45) is 0 Å². The van der Waals surface area contributed by atoms with E-state index in [1.54, 1.807) is 0 Å². The molecule has 0 amide bonds. The molecule has 0 N–H and O–H groups in total. The number of hydrogen-bond donors (Lipinski definition) is 0. The zero-order chi connectivity index (χ0) is 9.64. The van der Waals surface area contributed by atoms with Gasteiger partial charge in [-0.15, -0.1) is 0 Å². The van der Waals surface area contributed by atoms with Crippen LogP contribution in [0.25, 0.3) is 0 Å². The van der Waals surface area contributed by atoms with Crippen molar-refractivity contribution in [3.63, 3.8) is 0 Å². The van der Waals surface area contributed by atoms with Gasteiger partial charge in [-0.2, -0.15) is 23.5 Å². The molecule has 1 aliphatic carbocycles. The van der Waals surface area contributed by atoms with Crippen LogP contribution in [0.5, 0.6) is 0 Å². The molecule has 3 heteroatoms. The van der Waals surface area contributed by atoms with Crippen molar-refractivity contribution in [1.82, 2.24) is 0 Å². The quantitative estimate of drug-likeness (QED) is 0.688. The third-order valence-corrected chi connectivity index (χ3v) is 5.48. The maximum atomic E-state index is 5.66. The third kappa shape index (κ3) is 3.43. The smallest absolute Gasteiger partial charge is 0.0999 e. The van der Waals surface area contributed by atoms with E-state index >= 15 is 0 Å². The summed E-state index contributed by atoms with van der Waals surface area (Å²) in [5.41, 5.74) is 1.53. The van der Waals surface area contributed by atoms with E-state index in [0.29, 0.717) is 0 Å². The average Bonchev–Trinajstić information content (AvgIpc) is 2.72. The number of hydrogen-bond acceptors (Lipinski definition) is 3. The largest absolute Gasteiger partial charge is 0.500 e. The zero-order valence-corrected chi connectivity index (χ0v) is 10.2. The monoisotopic (exact) mass is 230 g/mol. The van der Waals surface area contributed by atoms with Gasteiger partial charge < -0.3 is 4.74 Å². The van der Waals surface area contributed by atoms with Crippen LogP contribution in [0.3, 0.4) is 0 Å². The lowest BCUT2D eigenvalue weighted by Gasteiger charge is -2.20. The molecular formula is C11H18OS2. The maximum Gasteiger partial charge on any atom is 0.0999 e. The summed E-state index contributed by atoms with van der Waals surface area (Å²) < 4.78 is 5.66. The lowest BCUT2D eigenvalue weighted by Crippen LogP contribution is -2.18. The summed E-state index contributed by atoms with van der Waals surface area (Å²) in [4.78, 5) is 0. The molecule has 0 aromatic rings. The fourth-order valence-electron chi connectivity index (χ4n) is 1.85. The highest BCUT2D eigenvalue weighted by molar-refractivity contribution is 8.06. The van der Waals surface area contributed by atoms with Crippen molar-refractivity contribution in [2.45, 2.75) is 30.9 Å². The predicted octanol–water partition coefficient (Wildman–Crippen LogP) is 3.31. The molecule has 2 rings (SSSR count). The van der Waals surface area contributed by atoms with Gasteiger partial charge in [0.1, 0.15) is 0 Å². The minimum absolute atomic E-state index is 0.729. The normalized spacial score (nSPS) is 27.7. The van der Waals surface area contributed by atoms with Gasteiger partial charge in [-0.3, -0.25) is 0 Å². The van der Waals surface area contributed by atoms with Gasteiger partial charge in [0.15, 0.2) is 0 Å². The Hall–Kier alpha value is 0.240. The van der Waals surface area contributed by atoms with Crippen molar-refractivity contribution in [3.05, 3.63) is 11.8 Å². The molecule has 80 valence electrons. The van der Waals surface area contributed by atoms with E-state index in [-0.39, 0.29) is 0 Å². The Morgan fingerprint density at radius 2 is 2.14 bits per heavy atom. The van der Waals surface area contributed by atoms with Gasteiger partial charge in [-0.05, 0) is 31.3 Å². The summed E-state index contributed by atoms with van der Waals surface area (Å²) >= 11 is 4.13. The van der Waals surface area contributed by atoms with Gasteiger partial charge in [0.25, 0.3) is 0 Å². The molecule has 1 nitrogen and oxygen atoms in total. The van der Waals surface area contributed by atoms with Gasteiger partial charge in [0.2, 0.25) is 0 Å². The van der Waals surface area contributed by atoms with Crippen LogP contribution in [-0.2, 0) is 4.74 Å². The average molecular weight is 230 g/mol. The van der Waals surface area contributed by atoms with E-state index in [4.69, 9.17) is 4.74 Å². The Balaban J connectivity index is 1.63. The van der Waals surface area contributed by atoms with Crippen LogP contribution in [0, 0.1) is 0 Å². The van der Waals surface area contributed by atoms with Crippen LogP contribution < -0.4 is 0 Å². The Kier molecular flexibility index (Phi) is 4.58. The number of allylic oxidation sites excluding steroid dienone is 1. The van der Waals surface area contributed by atoms with Crippen LogP contribution in [0.4, 0.5) is 0 Å². The van der Waals surface area contributed by atoms with Crippen LogP contribution in [0.15, 0.2) is 11.8 Å². The highest BCUT2D eigenvalue weighted by atomic mass is 32.2. The SMILES string of the molecule is C(OCC1CSCCS1)=C1CCCC1. The molecule has 0 bridgehead atoms. The summed E-state index contributed by atoms with van der Waals surface area (Å²) in [5.74, 6) is 3.89. The van der Waals surface area contributed by atoms with E-state index in [2.05, 4.69) is 23.5 Å². The summed E-state index contributed by atoms with van der Waals surface area (Å²) in [6.07, 6.45) is 7.30. The third-order valence-electron chi connectivity index (χ3n) is 2.66. The molecule has 2 fully saturated rings. The fourth-order valence-corrected chi connectivity index (χ4v) is 4.42. The lowest BCUT2D eigenvalue weighted by atomic mass is 10.3. The molecule has 0 aromatic carbocycles. The molecule has 0 aromatic heterocycles. The Labute approximate surface area is 95.0 Å². The second-order valence-electron chi connectivity index (χ2n) is 3.88. The Morgan fingerprint density at radius 3 is 2.86 bits per heavy atom. The van der Waals surface area contributed by atoms with Crippen molar-refractivity contribution >= 4 is 23.5 Å². The van der Waals surface area contributed by atoms with Gasteiger partial charge in [-0.1, -0.05) is 0 Å². The molecular weight excluding hydrogens is 212 g/mol. The van der Waals surface area contributed by atoms with Gasteiger partial charge in [0.05, 0.1) is 12.9 Å². The first-order chi connectivity index (χ1) is 6.95. The second kappa shape index (κ2) is 5.96. The lowest BCUT2D eigenvalue weighted by molar-refractivity contribution is 0.251. The molecule has 1 aliphatic heterocycles. The van der Waals surface area contributed by atoms with E-state index in [9.17, 15) is 0 Å². The molecule has 14 heavy (non-hydrogen) atoms. The standard InChI is InChI=1S/C11H18OS2/c1-2-4-10(3-1)7-12-8-11-9-13-5-6-14-11/h7,11H,1-6,8-9H2. The summed E-state index contributed by atoms with van der Waals surface area (Å²) in [7, 11) is 0. The van der Waals surface area contributed by atoms with E-state index < -0.39 is 0 Å². The number of rotatable bonds is 3. The number of thioether (sulfide) groups is 2. The molecule has 2 aliphatic rings. The molecule has 1 unspecified atom stereocenters. The van der Waals surface area contributed by atoms with Gasteiger partial charge >= 0.3 is 0 Å². The number of ether oxygens (including phenoxy) is 1. The first kappa shape index (κ1) is 10.7. The van der Waals surface area contributed by atoms with Crippen molar-refractivity contribution in [3.8, 4) is 0 Å². The zero-order valence-electron chi connectivity index (χ0n) is 8.54. The molecule has 1 saturated carbocycles. The Bertz CT molecular complexity index is 189. The maximum absolute atomic E-state index is 5.66. The molecule has 0 radical (unpaired) electrons. The first-order valence-corrected chi connectivity index (χ1v) is 7.64. The molecule has 1 saturated heterocycles. The van der Waals surface area contributed by atoms with Crippen LogP contribution in [0.2, 0.25) is 0 Å². The predicted molar refractivity (Wildman–Crippen MR) is 66.1 cm³/mol. The topological polar surface area (TPSA) is 9.23 Å². The van der Waals surface area contributed by atoms with Crippen molar-refractivity contribution < 1.29 is 4.74 Å². The van der Waals surface area contributed by atoms with Gasteiger partial charge in [-0.25, -0.2) is 0 Å². The van der Waals surface area contributed by atoms with E-state index in [1.165, 1.54) is 48.5 Å². The minimum atomic E-state index is 0.729. The highest BCUT2D eigenvalue weighted by Gasteiger charge is 2.14. The molecule has 0 spiro atoms. The first-order valence-electron chi connectivity index (χ1n) is 5.44. The summed E-state index contributed by atoms with van der Waals surface area (Å²) in [6.45, 7) is 0.918.